The molecule has 2 N–H and O–H groups in total. The third-order valence-corrected chi connectivity index (χ3v) is 3.70. The van der Waals surface area contributed by atoms with Gasteiger partial charge in [-0.1, -0.05) is 30.3 Å². The highest BCUT2D eigenvalue weighted by Crippen LogP contribution is 2.39. The highest BCUT2D eigenvalue weighted by atomic mass is 16.5. The molecular weight excluding hydrogens is 266 g/mol. The number of nitrogens with zero attached hydrogens (tertiary/aromatic N) is 1. The molecule has 1 aromatic carbocycles. The summed E-state index contributed by atoms with van der Waals surface area (Å²) in [6.45, 7) is 0.447. The van der Waals surface area contributed by atoms with Crippen LogP contribution in [0.5, 0.6) is 0 Å². The smallest absolute Gasteiger partial charge is 0.407 e. The molecule has 0 radical (unpaired) electrons. The van der Waals surface area contributed by atoms with Crippen molar-refractivity contribution >= 4 is 6.09 Å². The summed E-state index contributed by atoms with van der Waals surface area (Å²) in [5.74, 6) is 0.351. The highest BCUT2D eigenvalue weighted by molar-refractivity contribution is 5.68. The van der Waals surface area contributed by atoms with Crippen molar-refractivity contribution in [2.24, 2.45) is 0 Å². The van der Waals surface area contributed by atoms with Crippen LogP contribution in [0.1, 0.15) is 30.0 Å². The van der Waals surface area contributed by atoms with E-state index >= 15 is 0 Å². The van der Waals surface area contributed by atoms with Crippen molar-refractivity contribution in [1.29, 1.82) is 0 Å². The standard InChI is InChI=1S/C16H19N3O2/c20-16(19-14-9-13(14)15-10-17-11-18-15)21-8-4-7-12-5-2-1-3-6-12/h1-3,5-6,10-11,13-14H,4,7-9H2,(H,17,18)(H,19,20)/t13-,14-/m1/s1. The molecule has 1 saturated carbocycles. The number of rotatable bonds is 6. The molecule has 1 aromatic heterocycles. The molecule has 2 aromatic rings. The molecule has 0 unspecified atom stereocenters. The Hall–Kier alpha value is -2.30. The Labute approximate surface area is 123 Å². The van der Waals surface area contributed by atoms with Crippen LogP contribution in [0.2, 0.25) is 0 Å². The molecule has 5 nitrogen and oxygen atoms in total. The van der Waals surface area contributed by atoms with Gasteiger partial charge < -0.3 is 15.0 Å². The van der Waals surface area contributed by atoms with Gasteiger partial charge in [-0.25, -0.2) is 9.78 Å². The molecule has 0 spiro atoms. The van der Waals surface area contributed by atoms with Crippen molar-refractivity contribution in [2.75, 3.05) is 6.61 Å². The largest absolute Gasteiger partial charge is 0.450 e. The van der Waals surface area contributed by atoms with Gasteiger partial charge in [-0.2, -0.15) is 0 Å². The number of ether oxygens (including phenoxy) is 1. The molecule has 0 saturated heterocycles. The van der Waals surface area contributed by atoms with Crippen LogP contribution in [0, 0.1) is 0 Å². The van der Waals surface area contributed by atoms with Gasteiger partial charge in [0.2, 0.25) is 0 Å². The van der Waals surface area contributed by atoms with E-state index in [9.17, 15) is 4.79 Å². The summed E-state index contributed by atoms with van der Waals surface area (Å²) in [5, 5.41) is 2.88. The molecule has 1 amide bonds. The van der Waals surface area contributed by atoms with Crippen LogP contribution in [-0.4, -0.2) is 28.7 Å². The van der Waals surface area contributed by atoms with Crippen molar-refractivity contribution in [2.45, 2.75) is 31.2 Å². The van der Waals surface area contributed by atoms with E-state index in [1.165, 1.54) is 5.56 Å². The first-order chi connectivity index (χ1) is 10.3. The number of carbonyl (C=O) groups is 1. The summed E-state index contributed by atoms with van der Waals surface area (Å²) < 4.78 is 5.20. The maximum atomic E-state index is 11.7. The van der Waals surface area contributed by atoms with E-state index in [1.807, 2.05) is 18.2 Å². The lowest BCUT2D eigenvalue weighted by Gasteiger charge is -2.06. The summed E-state index contributed by atoms with van der Waals surface area (Å²) >= 11 is 0. The van der Waals surface area contributed by atoms with Crippen molar-refractivity contribution in [3.63, 3.8) is 0 Å². The topological polar surface area (TPSA) is 67.0 Å². The molecule has 1 fully saturated rings. The summed E-state index contributed by atoms with van der Waals surface area (Å²) in [5.41, 5.74) is 2.34. The minimum atomic E-state index is -0.324. The van der Waals surface area contributed by atoms with E-state index in [0.29, 0.717) is 12.5 Å². The number of amides is 1. The minimum absolute atomic E-state index is 0.173. The number of aryl methyl sites for hydroxylation is 1. The van der Waals surface area contributed by atoms with Crippen LogP contribution in [-0.2, 0) is 11.2 Å². The molecule has 110 valence electrons. The normalized spacial score (nSPS) is 20.0. The van der Waals surface area contributed by atoms with Gasteiger partial charge in [-0.3, -0.25) is 0 Å². The van der Waals surface area contributed by atoms with Gasteiger partial charge >= 0.3 is 6.09 Å². The first kappa shape index (κ1) is 13.7. The van der Waals surface area contributed by atoms with Crippen LogP contribution in [0.15, 0.2) is 42.9 Å². The maximum absolute atomic E-state index is 11.7. The molecule has 1 aliphatic carbocycles. The fourth-order valence-corrected chi connectivity index (χ4v) is 2.45. The van der Waals surface area contributed by atoms with Crippen molar-refractivity contribution < 1.29 is 9.53 Å². The van der Waals surface area contributed by atoms with Crippen LogP contribution in [0.25, 0.3) is 0 Å². The van der Waals surface area contributed by atoms with Gasteiger partial charge in [-0.15, -0.1) is 0 Å². The SMILES string of the molecule is O=C(N[C@@H]1C[C@H]1c1cnc[nH]1)OCCCc1ccccc1. The Morgan fingerprint density at radius 3 is 3.00 bits per heavy atom. The molecule has 2 atom stereocenters. The number of alkyl carbamates (subject to hydrolysis) is 1. The summed E-state index contributed by atoms with van der Waals surface area (Å²) in [6, 6.07) is 10.4. The molecule has 0 aliphatic heterocycles. The Kier molecular flexibility index (Phi) is 4.19. The summed E-state index contributed by atoms with van der Waals surface area (Å²) in [6.07, 6.45) is 5.85. The van der Waals surface area contributed by atoms with Crippen LogP contribution >= 0.6 is 0 Å². The fourth-order valence-electron chi connectivity index (χ4n) is 2.45. The molecular formula is C16H19N3O2. The number of carbonyl (C=O) groups excluding carboxylic acids is 1. The zero-order chi connectivity index (χ0) is 14.5. The van der Waals surface area contributed by atoms with Gasteiger partial charge in [0, 0.05) is 23.9 Å². The van der Waals surface area contributed by atoms with Gasteiger partial charge in [0.15, 0.2) is 0 Å². The van der Waals surface area contributed by atoms with E-state index in [0.717, 1.165) is 25.0 Å². The van der Waals surface area contributed by atoms with Gasteiger partial charge in [-0.05, 0) is 24.8 Å². The van der Waals surface area contributed by atoms with Gasteiger partial charge in [0.05, 0.1) is 12.9 Å². The number of benzene rings is 1. The minimum Gasteiger partial charge on any atom is -0.450 e. The van der Waals surface area contributed by atoms with E-state index in [4.69, 9.17) is 4.74 Å². The predicted molar refractivity (Wildman–Crippen MR) is 79.0 cm³/mol. The van der Waals surface area contributed by atoms with Crippen molar-refractivity contribution in [3.05, 3.63) is 54.1 Å². The molecule has 21 heavy (non-hydrogen) atoms. The van der Waals surface area contributed by atoms with Crippen LogP contribution in [0.4, 0.5) is 4.79 Å². The predicted octanol–water partition coefficient (Wildman–Crippen LogP) is 2.62. The third-order valence-electron chi connectivity index (χ3n) is 3.70. The summed E-state index contributed by atoms with van der Waals surface area (Å²) in [7, 11) is 0. The molecule has 3 rings (SSSR count). The van der Waals surface area contributed by atoms with Crippen LogP contribution in [0.3, 0.4) is 0 Å². The Morgan fingerprint density at radius 1 is 1.38 bits per heavy atom. The zero-order valence-corrected chi connectivity index (χ0v) is 11.8. The first-order valence-corrected chi connectivity index (χ1v) is 7.28. The fraction of sp³-hybridized carbons (Fsp3) is 0.375. The quantitative estimate of drug-likeness (QED) is 0.802. The lowest BCUT2D eigenvalue weighted by Crippen LogP contribution is -2.27. The van der Waals surface area contributed by atoms with Gasteiger partial charge in [0.1, 0.15) is 0 Å². The monoisotopic (exact) mass is 285 g/mol. The lowest BCUT2D eigenvalue weighted by atomic mass is 10.1. The average molecular weight is 285 g/mol. The molecule has 1 aliphatic rings. The average Bonchev–Trinajstić information content (AvgIpc) is 3.05. The Balaban J connectivity index is 1.31. The number of hydrogen-bond acceptors (Lipinski definition) is 3. The summed E-state index contributed by atoms with van der Waals surface area (Å²) in [4.78, 5) is 18.7. The van der Waals surface area contributed by atoms with E-state index < -0.39 is 0 Å². The highest BCUT2D eigenvalue weighted by Gasteiger charge is 2.40. The molecule has 5 heteroatoms. The zero-order valence-electron chi connectivity index (χ0n) is 11.8. The second-order valence-electron chi connectivity index (χ2n) is 5.33. The van der Waals surface area contributed by atoms with Crippen LogP contribution < -0.4 is 5.32 Å². The number of aromatic amines is 1. The third kappa shape index (κ3) is 3.84. The van der Waals surface area contributed by atoms with Crippen molar-refractivity contribution in [3.8, 4) is 0 Å². The van der Waals surface area contributed by atoms with E-state index in [1.54, 1.807) is 12.5 Å². The number of aromatic nitrogens is 2. The lowest BCUT2D eigenvalue weighted by molar-refractivity contribution is 0.144. The first-order valence-electron chi connectivity index (χ1n) is 7.28. The second-order valence-corrected chi connectivity index (χ2v) is 5.33. The molecule has 0 bridgehead atoms. The Bertz CT molecular complexity index is 568. The van der Waals surface area contributed by atoms with Gasteiger partial charge in [0.25, 0.3) is 0 Å². The van der Waals surface area contributed by atoms with E-state index in [-0.39, 0.29) is 12.1 Å². The maximum Gasteiger partial charge on any atom is 0.407 e. The number of H-pyrrole nitrogens is 1. The number of nitrogens with one attached hydrogen (secondary N) is 2. The Morgan fingerprint density at radius 2 is 2.24 bits per heavy atom. The van der Waals surface area contributed by atoms with E-state index in [2.05, 4.69) is 27.4 Å². The number of hydrogen-bond donors (Lipinski definition) is 2. The number of imidazole rings is 1. The second kappa shape index (κ2) is 6.43. The van der Waals surface area contributed by atoms with Crippen molar-refractivity contribution in [1.82, 2.24) is 15.3 Å². The molecule has 1 heterocycles.